The average molecular weight is 304 g/mol. The molecule has 0 bridgehead atoms. The number of amides is 1. The fourth-order valence-electron chi connectivity index (χ4n) is 3.17. The van der Waals surface area contributed by atoms with Gasteiger partial charge in [0.2, 0.25) is 5.91 Å². The maximum Gasteiger partial charge on any atom is 0.292 e. The second kappa shape index (κ2) is 6.31. The van der Waals surface area contributed by atoms with Crippen molar-refractivity contribution in [1.82, 2.24) is 10.2 Å². The molecule has 1 atom stereocenters. The molecule has 1 unspecified atom stereocenters. The predicted molar refractivity (Wildman–Crippen MR) is 82.9 cm³/mol. The first-order valence-corrected chi connectivity index (χ1v) is 7.67. The number of nitrogens with zero attached hydrogens (tertiary/aromatic N) is 3. The van der Waals surface area contributed by atoms with Gasteiger partial charge >= 0.3 is 0 Å². The minimum Gasteiger partial charge on any atom is -0.362 e. The van der Waals surface area contributed by atoms with Crippen LogP contribution in [0.4, 0.5) is 11.4 Å². The highest BCUT2D eigenvalue weighted by molar-refractivity contribution is 5.82. The molecule has 0 aliphatic carbocycles. The van der Waals surface area contributed by atoms with Crippen LogP contribution in [0.15, 0.2) is 24.3 Å². The van der Waals surface area contributed by atoms with E-state index in [1.165, 1.54) is 6.07 Å². The normalized spacial score (nSPS) is 21.9. The molecule has 1 aromatic rings. The molecule has 1 aromatic carbocycles. The third-order valence-electron chi connectivity index (χ3n) is 4.37. The molecule has 2 saturated heterocycles. The number of nitro benzene ring substituents is 1. The van der Waals surface area contributed by atoms with Gasteiger partial charge in [0.25, 0.3) is 5.69 Å². The lowest BCUT2D eigenvalue weighted by atomic mass is 10.1. The smallest absolute Gasteiger partial charge is 0.292 e. The minimum atomic E-state index is -0.352. The second-order valence-corrected chi connectivity index (χ2v) is 5.71. The highest BCUT2D eigenvalue weighted by Crippen LogP contribution is 2.28. The number of carbonyl (C=O) groups excluding carboxylic acids is 1. The largest absolute Gasteiger partial charge is 0.362 e. The summed E-state index contributed by atoms with van der Waals surface area (Å²) >= 11 is 0. The standard InChI is InChI=1S/C15H20N4O3/c20-15(12-4-3-7-16-12)18-10-8-17(9-11-18)13-5-1-2-6-14(13)19(21)22/h1-2,5-6,12,16H,3-4,7-11H2. The zero-order chi connectivity index (χ0) is 15.5. The SMILES string of the molecule is O=C(C1CCCN1)N1CCN(c2ccccc2[N+](=O)[O-])CC1. The van der Waals surface area contributed by atoms with Crippen LogP contribution in [0.25, 0.3) is 0 Å². The number of nitrogens with one attached hydrogen (secondary N) is 1. The zero-order valence-electron chi connectivity index (χ0n) is 12.4. The highest BCUT2D eigenvalue weighted by atomic mass is 16.6. The lowest BCUT2D eigenvalue weighted by Crippen LogP contribution is -2.53. The van der Waals surface area contributed by atoms with Crippen LogP contribution < -0.4 is 10.2 Å². The van der Waals surface area contributed by atoms with Gasteiger partial charge in [0, 0.05) is 32.2 Å². The summed E-state index contributed by atoms with van der Waals surface area (Å²) in [7, 11) is 0. The van der Waals surface area contributed by atoms with Crippen LogP contribution in [-0.2, 0) is 4.79 Å². The van der Waals surface area contributed by atoms with Crippen molar-refractivity contribution in [2.45, 2.75) is 18.9 Å². The van der Waals surface area contributed by atoms with E-state index in [1.54, 1.807) is 12.1 Å². The van der Waals surface area contributed by atoms with Gasteiger partial charge in [-0.2, -0.15) is 0 Å². The van der Waals surface area contributed by atoms with Gasteiger partial charge in [0.05, 0.1) is 11.0 Å². The molecule has 0 radical (unpaired) electrons. The van der Waals surface area contributed by atoms with E-state index in [4.69, 9.17) is 0 Å². The van der Waals surface area contributed by atoms with Crippen molar-refractivity contribution in [3.05, 3.63) is 34.4 Å². The Morgan fingerprint density at radius 2 is 1.95 bits per heavy atom. The first-order chi connectivity index (χ1) is 10.7. The van der Waals surface area contributed by atoms with Gasteiger partial charge in [0.15, 0.2) is 0 Å². The van der Waals surface area contributed by atoms with Gasteiger partial charge in [-0.05, 0) is 25.5 Å². The Morgan fingerprint density at radius 1 is 1.23 bits per heavy atom. The summed E-state index contributed by atoms with van der Waals surface area (Å²) in [5.41, 5.74) is 0.762. The average Bonchev–Trinajstić information content (AvgIpc) is 3.09. The summed E-state index contributed by atoms with van der Waals surface area (Å²) in [5.74, 6) is 0.166. The van der Waals surface area contributed by atoms with Crippen molar-refractivity contribution in [2.75, 3.05) is 37.6 Å². The van der Waals surface area contributed by atoms with Gasteiger partial charge < -0.3 is 15.1 Å². The number of rotatable bonds is 3. The topological polar surface area (TPSA) is 78.7 Å². The molecule has 7 nitrogen and oxygen atoms in total. The van der Waals surface area contributed by atoms with E-state index in [9.17, 15) is 14.9 Å². The number of para-hydroxylation sites is 2. The quantitative estimate of drug-likeness (QED) is 0.665. The van der Waals surface area contributed by atoms with E-state index in [1.807, 2.05) is 15.9 Å². The fourth-order valence-corrected chi connectivity index (χ4v) is 3.17. The van der Waals surface area contributed by atoms with Crippen molar-refractivity contribution >= 4 is 17.3 Å². The van der Waals surface area contributed by atoms with Crippen LogP contribution in [0.3, 0.4) is 0 Å². The van der Waals surface area contributed by atoms with Gasteiger partial charge in [-0.15, -0.1) is 0 Å². The number of carbonyl (C=O) groups is 1. The van der Waals surface area contributed by atoms with Gasteiger partial charge in [-0.3, -0.25) is 14.9 Å². The number of benzene rings is 1. The molecular formula is C15H20N4O3. The fraction of sp³-hybridized carbons (Fsp3) is 0.533. The summed E-state index contributed by atoms with van der Waals surface area (Å²) in [5, 5.41) is 14.3. The summed E-state index contributed by atoms with van der Waals surface area (Å²) < 4.78 is 0. The molecule has 2 fully saturated rings. The number of nitro groups is 1. The maximum absolute atomic E-state index is 12.4. The molecule has 0 aromatic heterocycles. The molecule has 0 saturated carbocycles. The molecule has 1 amide bonds. The monoisotopic (exact) mass is 304 g/mol. The number of anilines is 1. The molecule has 118 valence electrons. The molecule has 0 spiro atoms. The molecule has 7 heteroatoms. The Hall–Kier alpha value is -2.15. The highest BCUT2D eigenvalue weighted by Gasteiger charge is 2.30. The van der Waals surface area contributed by atoms with Crippen molar-refractivity contribution < 1.29 is 9.72 Å². The van der Waals surface area contributed by atoms with E-state index in [0.29, 0.717) is 31.9 Å². The number of hydrogen-bond donors (Lipinski definition) is 1. The molecular weight excluding hydrogens is 284 g/mol. The van der Waals surface area contributed by atoms with E-state index in [-0.39, 0.29) is 22.6 Å². The first-order valence-electron chi connectivity index (χ1n) is 7.67. The van der Waals surface area contributed by atoms with Gasteiger partial charge in [0.1, 0.15) is 5.69 Å². The van der Waals surface area contributed by atoms with Crippen molar-refractivity contribution in [2.24, 2.45) is 0 Å². The lowest BCUT2D eigenvalue weighted by molar-refractivity contribution is -0.384. The summed E-state index contributed by atoms with van der Waals surface area (Å²) in [6.45, 7) is 3.39. The molecule has 2 heterocycles. The lowest BCUT2D eigenvalue weighted by Gasteiger charge is -2.36. The maximum atomic E-state index is 12.4. The third kappa shape index (κ3) is 2.89. The number of piperazine rings is 1. The van der Waals surface area contributed by atoms with Crippen LogP contribution in [-0.4, -0.2) is 54.5 Å². The molecule has 22 heavy (non-hydrogen) atoms. The second-order valence-electron chi connectivity index (χ2n) is 5.71. The molecule has 2 aliphatic heterocycles. The van der Waals surface area contributed by atoms with E-state index in [0.717, 1.165) is 19.4 Å². The van der Waals surface area contributed by atoms with Crippen LogP contribution in [0.1, 0.15) is 12.8 Å². The third-order valence-corrected chi connectivity index (χ3v) is 4.37. The van der Waals surface area contributed by atoms with Crippen molar-refractivity contribution in [3.63, 3.8) is 0 Å². The predicted octanol–water partition coefficient (Wildman–Crippen LogP) is 0.995. The summed E-state index contributed by atoms with van der Waals surface area (Å²) in [4.78, 5) is 27.0. The molecule has 1 N–H and O–H groups in total. The summed E-state index contributed by atoms with van der Waals surface area (Å²) in [6, 6.07) is 6.73. The van der Waals surface area contributed by atoms with Crippen LogP contribution >= 0.6 is 0 Å². The van der Waals surface area contributed by atoms with Crippen LogP contribution in [0.2, 0.25) is 0 Å². The summed E-state index contributed by atoms with van der Waals surface area (Å²) in [6.07, 6.45) is 1.95. The van der Waals surface area contributed by atoms with Crippen molar-refractivity contribution in [1.29, 1.82) is 0 Å². The molecule has 3 rings (SSSR count). The minimum absolute atomic E-state index is 0.0439. The Morgan fingerprint density at radius 3 is 2.59 bits per heavy atom. The van der Waals surface area contributed by atoms with E-state index < -0.39 is 0 Å². The zero-order valence-corrected chi connectivity index (χ0v) is 12.4. The Bertz CT molecular complexity index is 564. The Kier molecular flexibility index (Phi) is 4.24. The van der Waals surface area contributed by atoms with Crippen LogP contribution in [0.5, 0.6) is 0 Å². The van der Waals surface area contributed by atoms with Gasteiger partial charge in [-0.1, -0.05) is 12.1 Å². The van der Waals surface area contributed by atoms with E-state index in [2.05, 4.69) is 5.32 Å². The first kappa shape index (κ1) is 14.8. The van der Waals surface area contributed by atoms with E-state index >= 15 is 0 Å². The number of hydrogen-bond acceptors (Lipinski definition) is 5. The Labute approximate surface area is 129 Å². The van der Waals surface area contributed by atoms with Crippen molar-refractivity contribution in [3.8, 4) is 0 Å². The van der Waals surface area contributed by atoms with Gasteiger partial charge in [-0.25, -0.2) is 0 Å². The van der Waals surface area contributed by atoms with Crippen LogP contribution in [0, 0.1) is 10.1 Å². The molecule has 2 aliphatic rings. The Balaban J connectivity index is 1.64.